The maximum atomic E-state index is 13.9. The lowest BCUT2D eigenvalue weighted by atomic mass is 9.78. The van der Waals surface area contributed by atoms with Crippen molar-refractivity contribution in [1.29, 1.82) is 0 Å². The predicted molar refractivity (Wildman–Crippen MR) is 107 cm³/mol. The van der Waals surface area contributed by atoms with Crippen LogP contribution in [0.4, 0.5) is 4.39 Å². The highest BCUT2D eigenvalue weighted by atomic mass is 19.1. The number of halogens is 1. The third kappa shape index (κ3) is 7.90. The number of carbonyl (C=O) groups is 1. The van der Waals surface area contributed by atoms with E-state index in [4.69, 9.17) is 9.47 Å². The van der Waals surface area contributed by atoms with Gasteiger partial charge >= 0.3 is 5.97 Å². The minimum atomic E-state index is -0.491. The normalized spacial score (nSPS) is 19.7. The van der Waals surface area contributed by atoms with E-state index in [9.17, 15) is 9.18 Å². The SMILES string of the molecule is CCCCCC1CCC(CCC(=O)Oc2ccc(OCCC)c(F)c2)CC1. The molecule has 0 bridgehead atoms. The summed E-state index contributed by atoms with van der Waals surface area (Å²) in [5.41, 5.74) is 0. The van der Waals surface area contributed by atoms with E-state index in [1.165, 1.54) is 63.5 Å². The van der Waals surface area contributed by atoms with Crippen LogP contribution in [0.2, 0.25) is 0 Å². The molecule has 0 saturated heterocycles. The number of hydrogen-bond donors (Lipinski definition) is 0. The van der Waals surface area contributed by atoms with E-state index in [2.05, 4.69) is 6.92 Å². The molecule has 3 nitrogen and oxygen atoms in total. The van der Waals surface area contributed by atoms with Crippen molar-refractivity contribution in [2.45, 2.75) is 84.5 Å². The van der Waals surface area contributed by atoms with Crippen molar-refractivity contribution >= 4 is 5.97 Å². The summed E-state index contributed by atoms with van der Waals surface area (Å²) < 4.78 is 24.5. The minimum absolute atomic E-state index is 0.201. The lowest BCUT2D eigenvalue weighted by molar-refractivity contribution is -0.134. The van der Waals surface area contributed by atoms with Crippen LogP contribution in [0.3, 0.4) is 0 Å². The Morgan fingerprint density at radius 1 is 1.04 bits per heavy atom. The van der Waals surface area contributed by atoms with E-state index >= 15 is 0 Å². The number of ether oxygens (including phenoxy) is 2. The summed E-state index contributed by atoms with van der Waals surface area (Å²) in [6.45, 7) is 4.68. The van der Waals surface area contributed by atoms with E-state index in [0.29, 0.717) is 18.9 Å². The molecule has 152 valence electrons. The molecular formula is C23H35FO3. The van der Waals surface area contributed by atoms with Gasteiger partial charge in [-0.25, -0.2) is 4.39 Å². The molecule has 0 aromatic heterocycles. The highest BCUT2D eigenvalue weighted by Crippen LogP contribution is 2.34. The summed E-state index contributed by atoms with van der Waals surface area (Å²) in [6.07, 6.45) is 12.5. The van der Waals surface area contributed by atoms with Gasteiger partial charge in [-0.3, -0.25) is 4.79 Å². The third-order valence-electron chi connectivity index (χ3n) is 5.54. The monoisotopic (exact) mass is 378 g/mol. The molecule has 27 heavy (non-hydrogen) atoms. The zero-order valence-electron chi connectivity index (χ0n) is 17.0. The number of rotatable bonds is 11. The largest absolute Gasteiger partial charge is 0.491 e. The second-order valence-corrected chi connectivity index (χ2v) is 7.84. The van der Waals surface area contributed by atoms with Crippen LogP contribution in [0.1, 0.15) is 84.5 Å². The molecule has 0 unspecified atom stereocenters. The molecule has 0 atom stereocenters. The van der Waals surface area contributed by atoms with Gasteiger partial charge in [0.15, 0.2) is 11.6 Å². The highest BCUT2D eigenvalue weighted by molar-refractivity contribution is 5.72. The predicted octanol–water partition coefficient (Wildman–Crippen LogP) is 6.69. The van der Waals surface area contributed by atoms with Crippen LogP contribution in [-0.4, -0.2) is 12.6 Å². The molecule has 0 N–H and O–H groups in total. The van der Waals surface area contributed by atoms with E-state index < -0.39 is 5.82 Å². The molecule has 2 rings (SSSR count). The fraction of sp³-hybridized carbons (Fsp3) is 0.696. The van der Waals surface area contributed by atoms with Crippen molar-refractivity contribution < 1.29 is 18.7 Å². The Labute approximate surface area is 163 Å². The van der Waals surface area contributed by atoms with Gasteiger partial charge in [-0.1, -0.05) is 65.2 Å². The van der Waals surface area contributed by atoms with Crippen molar-refractivity contribution in [2.24, 2.45) is 11.8 Å². The third-order valence-corrected chi connectivity index (χ3v) is 5.54. The Morgan fingerprint density at radius 3 is 2.37 bits per heavy atom. The topological polar surface area (TPSA) is 35.5 Å². The number of unbranched alkanes of at least 4 members (excludes halogenated alkanes) is 2. The molecule has 0 amide bonds. The van der Waals surface area contributed by atoms with Crippen molar-refractivity contribution in [1.82, 2.24) is 0 Å². The number of carbonyl (C=O) groups excluding carboxylic acids is 1. The first-order valence-corrected chi connectivity index (χ1v) is 10.7. The maximum Gasteiger partial charge on any atom is 0.311 e. The lowest BCUT2D eigenvalue weighted by Gasteiger charge is -2.28. The molecule has 0 spiro atoms. The summed E-state index contributed by atoms with van der Waals surface area (Å²) in [5.74, 6) is 1.20. The maximum absolute atomic E-state index is 13.9. The fourth-order valence-electron chi connectivity index (χ4n) is 3.87. The Hall–Kier alpha value is -1.58. The first-order valence-electron chi connectivity index (χ1n) is 10.7. The quantitative estimate of drug-likeness (QED) is 0.244. The van der Waals surface area contributed by atoms with Crippen LogP contribution < -0.4 is 9.47 Å². The van der Waals surface area contributed by atoms with E-state index in [0.717, 1.165) is 18.8 Å². The van der Waals surface area contributed by atoms with Gasteiger partial charge in [-0.2, -0.15) is 0 Å². The van der Waals surface area contributed by atoms with Gasteiger partial charge in [0.2, 0.25) is 0 Å². The Balaban J connectivity index is 1.67. The lowest BCUT2D eigenvalue weighted by Crippen LogP contribution is -2.17. The molecule has 0 radical (unpaired) electrons. The average molecular weight is 379 g/mol. The molecule has 0 aliphatic heterocycles. The number of hydrogen-bond acceptors (Lipinski definition) is 3. The summed E-state index contributed by atoms with van der Waals surface area (Å²) in [7, 11) is 0. The Morgan fingerprint density at radius 2 is 1.74 bits per heavy atom. The van der Waals surface area contributed by atoms with Crippen LogP contribution >= 0.6 is 0 Å². The zero-order valence-corrected chi connectivity index (χ0v) is 17.0. The van der Waals surface area contributed by atoms with Gasteiger partial charge in [-0.05, 0) is 36.8 Å². The van der Waals surface area contributed by atoms with Gasteiger partial charge in [0, 0.05) is 12.5 Å². The van der Waals surface area contributed by atoms with Gasteiger partial charge in [0.05, 0.1) is 6.61 Å². The van der Waals surface area contributed by atoms with Gasteiger partial charge in [-0.15, -0.1) is 0 Å². The number of benzene rings is 1. The molecule has 1 saturated carbocycles. The van der Waals surface area contributed by atoms with Crippen LogP contribution in [-0.2, 0) is 4.79 Å². The van der Waals surface area contributed by atoms with Crippen molar-refractivity contribution in [2.75, 3.05) is 6.61 Å². The molecule has 1 fully saturated rings. The molecule has 1 aromatic rings. The molecule has 1 aliphatic carbocycles. The molecule has 1 aromatic carbocycles. The van der Waals surface area contributed by atoms with Crippen molar-refractivity contribution in [3.63, 3.8) is 0 Å². The average Bonchev–Trinajstić information content (AvgIpc) is 2.67. The molecular weight excluding hydrogens is 343 g/mol. The molecule has 4 heteroatoms. The minimum Gasteiger partial charge on any atom is -0.491 e. The number of esters is 1. The van der Waals surface area contributed by atoms with Crippen molar-refractivity contribution in [3.05, 3.63) is 24.0 Å². The Kier molecular flexibility index (Phi) is 9.65. The first kappa shape index (κ1) is 21.7. The molecule has 0 heterocycles. The van der Waals surface area contributed by atoms with Gasteiger partial charge < -0.3 is 9.47 Å². The fourth-order valence-corrected chi connectivity index (χ4v) is 3.87. The second-order valence-electron chi connectivity index (χ2n) is 7.84. The van der Waals surface area contributed by atoms with Crippen LogP contribution in [0.15, 0.2) is 18.2 Å². The first-order chi connectivity index (χ1) is 13.1. The summed E-state index contributed by atoms with van der Waals surface area (Å²) in [4.78, 5) is 12.1. The smallest absolute Gasteiger partial charge is 0.311 e. The highest BCUT2D eigenvalue weighted by Gasteiger charge is 2.21. The summed E-state index contributed by atoms with van der Waals surface area (Å²) >= 11 is 0. The standard InChI is InChI=1S/C23H35FO3/c1-3-5-6-7-18-8-10-19(11-9-18)12-15-23(25)27-20-13-14-22(21(24)17-20)26-16-4-2/h13-14,17-19H,3-12,15-16H2,1-2H3. The van der Waals surface area contributed by atoms with Gasteiger partial charge in [0.1, 0.15) is 5.75 Å². The van der Waals surface area contributed by atoms with E-state index in [1.807, 2.05) is 6.92 Å². The summed E-state index contributed by atoms with van der Waals surface area (Å²) in [5, 5.41) is 0. The van der Waals surface area contributed by atoms with Crippen LogP contribution in [0, 0.1) is 17.7 Å². The Bertz CT molecular complexity index is 565. The zero-order chi connectivity index (χ0) is 19.5. The summed E-state index contributed by atoms with van der Waals surface area (Å²) in [6, 6.07) is 4.34. The van der Waals surface area contributed by atoms with Crippen molar-refractivity contribution in [3.8, 4) is 11.5 Å². The van der Waals surface area contributed by atoms with Gasteiger partial charge in [0.25, 0.3) is 0 Å². The second kappa shape index (κ2) is 12.0. The molecule has 1 aliphatic rings. The van der Waals surface area contributed by atoms with Crippen LogP contribution in [0.25, 0.3) is 0 Å². The van der Waals surface area contributed by atoms with E-state index in [1.54, 1.807) is 6.07 Å². The van der Waals surface area contributed by atoms with E-state index in [-0.39, 0.29) is 17.5 Å². The van der Waals surface area contributed by atoms with Crippen LogP contribution in [0.5, 0.6) is 11.5 Å².